The van der Waals surface area contributed by atoms with Crippen molar-refractivity contribution in [1.82, 2.24) is 0 Å². The van der Waals surface area contributed by atoms with Gasteiger partial charge < -0.3 is 30.0 Å². The van der Waals surface area contributed by atoms with Crippen molar-refractivity contribution in [3.8, 4) is 0 Å². The van der Waals surface area contributed by atoms with Crippen LogP contribution in [0.2, 0.25) is 52.4 Å². The summed E-state index contributed by atoms with van der Waals surface area (Å²) in [4.78, 5) is 0. The maximum absolute atomic E-state index is 6.47. The van der Waals surface area contributed by atoms with Crippen molar-refractivity contribution in [3.63, 3.8) is 0 Å². The number of rotatable bonds is 12. The fourth-order valence-electron chi connectivity index (χ4n) is 3.16. The zero-order valence-corrected chi connectivity index (χ0v) is 22.7. The Labute approximate surface area is 178 Å². The summed E-state index contributed by atoms with van der Waals surface area (Å²) >= 11 is 0. The molecule has 0 N–H and O–H groups in total. The lowest BCUT2D eigenvalue weighted by atomic mass is 10.5. The summed E-state index contributed by atoms with van der Waals surface area (Å²) in [5, 5.41) is 0. The van der Waals surface area contributed by atoms with Gasteiger partial charge in [0.15, 0.2) is 0 Å². The molecule has 2 aromatic rings. The third kappa shape index (κ3) is 9.27. The molecule has 0 unspecified atom stereocenters. The topological polar surface area (TPSA) is 72.4 Å². The van der Waals surface area contributed by atoms with Gasteiger partial charge in [0.1, 0.15) is 11.5 Å². The van der Waals surface area contributed by atoms with Gasteiger partial charge in [-0.1, -0.05) is 0 Å². The van der Waals surface area contributed by atoms with E-state index < -0.39 is 34.2 Å². The Bertz CT molecular complexity index is 665. The highest BCUT2D eigenvalue weighted by Gasteiger charge is 2.44. The predicted molar refractivity (Wildman–Crippen MR) is 120 cm³/mol. The molecule has 164 valence electrons. The Morgan fingerprint density at radius 2 is 0.931 bits per heavy atom. The monoisotopic (exact) mass is 474 g/mol. The molecule has 2 heterocycles. The van der Waals surface area contributed by atoms with Gasteiger partial charge in [0.25, 0.3) is 0 Å². The van der Waals surface area contributed by atoms with E-state index in [9.17, 15) is 0 Å². The maximum atomic E-state index is 6.47. The van der Waals surface area contributed by atoms with Crippen LogP contribution in [0.15, 0.2) is 45.6 Å². The second-order valence-electron chi connectivity index (χ2n) is 8.64. The lowest BCUT2D eigenvalue weighted by Crippen LogP contribution is -2.57. The van der Waals surface area contributed by atoms with Gasteiger partial charge in [0.05, 0.1) is 25.7 Å². The molecule has 11 heteroatoms. The molecule has 0 saturated heterocycles. The smallest absolute Gasteiger partial charge is 0.323 e. The Kier molecular flexibility index (Phi) is 8.09. The fourth-order valence-corrected chi connectivity index (χ4v) is 19.9. The van der Waals surface area contributed by atoms with E-state index in [1.54, 1.807) is 12.5 Å². The summed E-state index contributed by atoms with van der Waals surface area (Å²) in [6.45, 7) is 17.0. The van der Waals surface area contributed by atoms with E-state index >= 15 is 0 Å². The molecule has 0 radical (unpaired) electrons. The van der Waals surface area contributed by atoms with Crippen molar-refractivity contribution < 1.29 is 30.0 Å². The number of hydrogen-bond donors (Lipinski definition) is 0. The fraction of sp³-hybridized carbons (Fsp3) is 0.556. The van der Waals surface area contributed by atoms with Crippen LogP contribution in [0, 0.1) is 0 Å². The van der Waals surface area contributed by atoms with E-state index in [-0.39, 0.29) is 0 Å². The molecule has 0 spiro atoms. The van der Waals surface area contributed by atoms with E-state index in [1.165, 1.54) is 0 Å². The zero-order chi connectivity index (χ0) is 21.8. The SMILES string of the molecule is C[Si](C)(OCc1ccco1)O[Si](C)(C)O[Si](C)(C)O[Si](C)(C)OCc1ccco1. The minimum Gasteiger partial charge on any atom is -0.467 e. The average molecular weight is 475 g/mol. The molecule has 0 aliphatic carbocycles. The van der Waals surface area contributed by atoms with E-state index in [0.29, 0.717) is 13.2 Å². The van der Waals surface area contributed by atoms with Gasteiger partial charge in [-0.25, -0.2) is 0 Å². The summed E-state index contributed by atoms with van der Waals surface area (Å²) in [5.74, 6) is 1.57. The summed E-state index contributed by atoms with van der Waals surface area (Å²) in [6.07, 6.45) is 3.28. The van der Waals surface area contributed by atoms with Crippen molar-refractivity contribution in [2.75, 3.05) is 0 Å². The standard InChI is InChI=1S/C18H34O7Si4/c1-26(2,21-15-17-11-9-13-19-17)23-28(5,6)25-29(7,8)24-27(3,4)22-16-18-12-10-14-20-18/h9-14H,15-16H2,1-8H3. The highest BCUT2D eigenvalue weighted by Crippen LogP contribution is 2.25. The van der Waals surface area contributed by atoms with Crippen LogP contribution in [0.5, 0.6) is 0 Å². The van der Waals surface area contributed by atoms with Crippen LogP contribution < -0.4 is 0 Å². The van der Waals surface area contributed by atoms with Crippen LogP contribution in [0.4, 0.5) is 0 Å². The van der Waals surface area contributed by atoms with Crippen LogP contribution >= 0.6 is 0 Å². The third-order valence-corrected chi connectivity index (χ3v) is 17.2. The van der Waals surface area contributed by atoms with Crippen molar-refractivity contribution in [3.05, 3.63) is 48.3 Å². The molecule has 29 heavy (non-hydrogen) atoms. The summed E-state index contributed by atoms with van der Waals surface area (Å²) in [6, 6.07) is 7.48. The number of hydrogen-bond acceptors (Lipinski definition) is 7. The predicted octanol–water partition coefficient (Wildman–Crippen LogP) is 5.46. The van der Waals surface area contributed by atoms with E-state index in [1.807, 2.05) is 76.6 Å². The second-order valence-corrected chi connectivity index (χ2v) is 22.9. The average Bonchev–Trinajstić information content (AvgIpc) is 3.21. The van der Waals surface area contributed by atoms with E-state index in [2.05, 4.69) is 0 Å². The van der Waals surface area contributed by atoms with E-state index in [0.717, 1.165) is 11.5 Å². The molecule has 0 bridgehead atoms. The maximum Gasteiger partial charge on any atom is 0.323 e. The van der Waals surface area contributed by atoms with Crippen LogP contribution in [-0.4, -0.2) is 34.2 Å². The quantitative estimate of drug-likeness (QED) is 0.378. The molecule has 7 nitrogen and oxygen atoms in total. The molecule has 0 fully saturated rings. The van der Waals surface area contributed by atoms with Gasteiger partial charge in [0, 0.05) is 0 Å². The molecule has 0 aliphatic rings. The molecule has 0 saturated carbocycles. The number of furan rings is 2. The summed E-state index contributed by atoms with van der Waals surface area (Å²) in [7, 11) is -9.75. The first kappa shape index (κ1) is 24.5. The molecule has 0 aliphatic heterocycles. The van der Waals surface area contributed by atoms with Gasteiger partial charge in [-0.3, -0.25) is 0 Å². The molecular formula is C18H34O7Si4. The Hall–Kier alpha value is -0.772. The van der Waals surface area contributed by atoms with Crippen LogP contribution in [0.25, 0.3) is 0 Å². The first-order chi connectivity index (χ1) is 13.3. The molecule has 2 aromatic heterocycles. The first-order valence-corrected chi connectivity index (χ1v) is 21.0. The van der Waals surface area contributed by atoms with E-state index in [4.69, 9.17) is 30.0 Å². The van der Waals surface area contributed by atoms with Gasteiger partial charge >= 0.3 is 34.2 Å². The third-order valence-electron chi connectivity index (χ3n) is 3.76. The Morgan fingerprint density at radius 1 is 0.586 bits per heavy atom. The minimum absolute atomic E-state index is 0.397. The molecular weight excluding hydrogens is 441 g/mol. The van der Waals surface area contributed by atoms with Crippen LogP contribution in [0.1, 0.15) is 11.5 Å². The molecule has 0 aromatic carbocycles. The van der Waals surface area contributed by atoms with Crippen molar-refractivity contribution in [2.45, 2.75) is 65.6 Å². The van der Waals surface area contributed by atoms with Gasteiger partial charge in [-0.15, -0.1) is 0 Å². The van der Waals surface area contributed by atoms with Crippen LogP contribution in [0.3, 0.4) is 0 Å². The molecule has 0 amide bonds. The highest BCUT2D eigenvalue weighted by atomic mass is 28.5. The Morgan fingerprint density at radius 3 is 1.24 bits per heavy atom. The first-order valence-electron chi connectivity index (χ1n) is 9.71. The Balaban J connectivity index is 1.88. The van der Waals surface area contributed by atoms with Crippen molar-refractivity contribution in [1.29, 1.82) is 0 Å². The van der Waals surface area contributed by atoms with Gasteiger partial charge in [0.2, 0.25) is 0 Å². The van der Waals surface area contributed by atoms with Crippen molar-refractivity contribution >= 4 is 34.2 Å². The minimum atomic E-state index is -2.48. The normalized spacial score (nSPS) is 13.8. The van der Waals surface area contributed by atoms with Gasteiger partial charge in [-0.2, -0.15) is 0 Å². The summed E-state index contributed by atoms with van der Waals surface area (Å²) in [5.41, 5.74) is 0. The van der Waals surface area contributed by atoms with Gasteiger partial charge in [-0.05, 0) is 76.6 Å². The lowest BCUT2D eigenvalue weighted by Gasteiger charge is -2.40. The summed E-state index contributed by atoms with van der Waals surface area (Å²) < 4.78 is 42.0. The molecule has 2 rings (SSSR count). The highest BCUT2D eigenvalue weighted by molar-refractivity contribution is 6.87. The molecule has 0 atom stereocenters. The van der Waals surface area contributed by atoms with Crippen LogP contribution in [-0.2, 0) is 34.4 Å². The lowest BCUT2D eigenvalue weighted by molar-refractivity contribution is 0.186. The second kappa shape index (κ2) is 9.57. The van der Waals surface area contributed by atoms with Crippen molar-refractivity contribution in [2.24, 2.45) is 0 Å². The zero-order valence-electron chi connectivity index (χ0n) is 18.7. The largest absolute Gasteiger partial charge is 0.467 e.